The van der Waals surface area contributed by atoms with E-state index in [0.717, 1.165) is 17.7 Å². The molecule has 2 aromatic rings. The van der Waals surface area contributed by atoms with Crippen LogP contribution in [0, 0.1) is 0 Å². The van der Waals surface area contributed by atoms with Gasteiger partial charge in [0.05, 0.1) is 0 Å². The standard InChI is InChI=1S/C19H24N4O3/c1-11(17-21-18(22-26-17)19(3,4)5)20-16(25)14-6-7-15-13(10-14)8-9-23(15)12(2)24/h6-7,10-11H,8-9H2,1-5H3,(H,20,25). The second-order valence-corrected chi connectivity index (χ2v) is 7.67. The molecule has 2 amide bonds. The van der Waals surface area contributed by atoms with Crippen LogP contribution in [0.2, 0.25) is 0 Å². The zero-order chi connectivity index (χ0) is 19.1. The molecule has 0 fully saturated rings. The molecule has 1 aromatic carbocycles. The summed E-state index contributed by atoms with van der Waals surface area (Å²) in [5.74, 6) is 0.792. The van der Waals surface area contributed by atoms with Gasteiger partial charge in [-0.1, -0.05) is 25.9 Å². The minimum absolute atomic E-state index is 0.0145. The van der Waals surface area contributed by atoms with Gasteiger partial charge in [-0.3, -0.25) is 9.59 Å². The van der Waals surface area contributed by atoms with Crippen molar-refractivity contribution in [1.29, 1.82) is 0 Å². The highest BCUT2D eigenvalue weighted by molar-refractivity contribution is 5.98. The van der Waals surface area contributed by atoms with Gasteiger partial charge in [0, 0.05) is 30.1 Å². The maximum Gasteiger partial charge on any atom is 0.251 e. The molecule has 2 heterocycles. The Bertz CT molecular complexity index is 851. The minimum atomic E-state index is -0.395. The highest BCUT2D eigenvalue weighted by atomic mass is 16.5. The number of amides is 2. The Morgan fingerprint density at radius 2 is 2.04 bits per heavy atom. The summed E-state index contributed by atoms with van der Waals surface area (Å²) in [6.45, 7) is 10.0. The number of nitrogens with zero attached hydrogens (tertiary/aromatic N) is 3. The lowest BCUT2D eigenvalue weighted by Crippen LogP contribution is -2.27. The smallest absolute Gasteiger partial charge is 0.251 e. The Balaban J connectivity index is 1.72. The van der Waals surface area contributed by atoms with Crippen molar-refractivity contribution in [3.63, 3.8) is 0 Å². The Morgan fingerprint density at radius 3 is 2.65 bits per heavy atom. The van der Waals surface area contributed by atoms with E-state index < -0.39 is 6.04 Å². The normalized spacial score (nSPS) is 14.9. The molecule has 3 rings (SSSR count). The number of aromatic nitrogens is 2. The lowest BCUT2D eigenvalue weighted by Gasteiger charge is -2.15. The van der Waals surface area contributed by atoms with Gasteiger partial charge in [-0.25, -0.2) is 0 Å². The van der Waals surface area contributed by atoms with E-state index in [1.54, 1.807) is 17.9 Å². The molecular weight excluding hydrogens is 332 g/mol. The topological polar surface area (TPSA) is 88.3 Å². The molecule has 0 saturated carbocycles. The molecule has 1 aromatic heterocycles. The van der Waals surface area contributed by atoms with Gasteiger partial charge in [0.2, 0.25) is 11.8 Å². The van der Waals surface area contributed by atoms with Crippen LogP contribution in [0.15, 0.2) is 22.7 Å². The van der Waals surface area contributed by atoms with Gasteiger partial charge in [0.25, 0.3) is 5.91 Å². The molecule has 0 saturated heterocycles. The van der Waals surface area contributed by atoms with Gasteiger partial charge in [-0.15, -0.1) is 0 Å². The Labute approximate surface area is 152 Å². The van der Waals surface area contributed by atoms with E-state index in [1.807, 2.05) is 39.8 Å². The van der Waals surface area contributed by atoms with E-state index in [2.05, 4.69) is 15.5 Å². The van der Waals surface area contributed by atoms with Crippen molar-refractivity contribution in [1.82, 2.24) is 15.5 Å². The fraction of sp³-hybridized carbons (Fsp3) is 0.474. The molecule has 138 valence electrons. The Kier molecular flexibility index (Phi) is 4.56. The van der Waals surface area contributed by atoms with Gasteiger partial charge >= 0.3 is 0 Å². The van der Waals surface area contributed by atoms with Gasteiger partial charge in [0.15, 0.2) is 5.82 Å². The molecule has 7 heteroatoms. The molecule has 1 aliphatic rings. The Hall–Kier alpha value is -2.70. The number of hydrogen-bond acceptors (Lipinski definition) is 5. The maximum absolute atomic E-state index is 12.6. The van der Waals surface area contributed by atoms with Crippen molar-refractivity contribution < 1.29 is 14.1 Å². The summed E-state index contributed by atoms with van der Waals surface area (Å²) in [5.41, 5.74) is 2.23. The number of carbonyl (C=O) groups excluding carboxylic acids is 2. The summed E-state index contributed by atoms with van der Waals surface area (Å²) in [4.78, 5) is 30.3. The molecule has 0 spiro atoms. The van der Waals surface area contributed by atoms with Crippen LogP contribution in [-0.2, 0) is 16.6 Å². The van der Waals surface area contributed by atoms with Crippen LogP contribution in [0.25, 0.3) is 0 Å². The third-order valence-electron chi connectivity index (χ3n) is 4.45. The van der Waals surface area contributed by atoms with Gasteiger partial charge in [-0.05, 0) is 37.1 Å². The maximum atomic E-state index is 12.6. The highest BCUT2D eigenvalue weighted by Crippen LogP contribution is 2.29. The largest absolute Gasteiger partial charge is 0.341 e. The van der Waals surface area contributed by atoms with Crippen molar-refractivity contribution in [2.24, 2.45) is 0 Å². The molecule has 1 atom stereocenters. The molecule has 1 aliphatic heterocycles. The fourth-order valence-corrected chi connectivity index (χ4v) is 2.93. The average molecular weight is 356 g/mol. The SMILES string of the molecule is CC(=O)N1CCc2cc(C(=O)NC(C)c3nc(C(C)(C)C)no3)ccc21. The molecule has 26 heavy (non-hydrogen) atoms. The quantitative estimate of drug-likeness (QED) is 0.913. The van der Waals surface area contributed by atoms with Crippen LogP contribution in [0.4, 0.5) is 5.69 Å². The highest BCUT2D eigenvalue weighted by Gasteiger charge is 2.26. The molecule has 0 bridgehead atoms. The zero-order valence-electron chi connectivity index (χ0n) is 15.8. The molecule has 1 N–H and O–H groups in total. The van der Waals surface area contributed by atoms with E-state index in [0.29, 0.717) is 23.8 Å². The summed E-state index contributed by atoms with van der Waals surface area (Å²) in [6.07, 6.45) is 0.754. The van der Waals surface area contributed by atoms with E-state index in [-0.39, 0.29) is 17.2 Å². The van der Waals surface area contributed by atoms with Gasteiger partial charge in [0.1, 0.15) is 6.04 Å². The third-order valence-corrected chi connectivity index (χ3v) is 4.45. The predicted octanol–water partition coefficient (Wildman–Crippen LogP) is 2.77. The van der Waals surface area contributed by atoms with Crippen LogP contribution in [0.5, 0.6) is 0 Å². The minimum Gasteiger partial charge on any atom is -0.341 e. The summed E-state index contributed by atoms with van der Waals surface area (Å²) in [7, 11) is 0. The molecule has 7 nitrogen and oxygen atoms in total. The van der Waals surface area contributed by atoms with Crippen molar-refractivity contribution in [3.8, 4) is 0 Å². The van der Waals surface area contributed by atoms with Crippen molar-refractivity contribution >= 4 is 17.5 Å². The van der Waals surface area contributed by atoms with Crippen LogP contribution in [-0.4, -0.2) is 28.5 Å². The number of benzene rings is 1. The summed E-state index contributed by atoms with van der Waals surface area (Å²) >= 11 is 0. The number of hydrogen-bond donors (Lipinski definition) is 1. The number of carbonyl (C=O) groups is 2. The second kappa shape index (κ2) is 6.55. The average Bonchev–Trinajstić information content (AvgIpc) is 3.20. The van der Waals surface area contributed by atoms with Crippen molar-refractivity contribution in [3.05, 3.63) is 41.0 Å². The Morgan fingerprint density at radius 1 is 1.31 bits per heavy atom. The molecular formula is C19H24N4O3. The molecule has 1 unspecified atom stereocenters. The van der Waals surface area contributed by atoms with E-state index in [9.17, 15) is 9.59 Å². The number of rotatable bonds is 3. The first-order valence-corrected chi connectivity index (χ1v) is 8.73. The first kappa shape index (κ1) is 18.1. The lowest BCUT2D eigenvalue weighted by molar-refractivity contribution is -0.116. The number of anilines is 1. The predicted molar refractivity (Wildman–Crippen MR) is 97.1 cm³/mol. The van der Waals surface area contributed by atoms with E-state index in [1.165, 1.54) is 0 Å². The summed E-state index contributed by atoms with van der Waals surface area (Å²) in [5, 5.41) is 6.87. The van der Waals surface area contributed by atoms with Crippen LogP contribution < -0.4 is 10.2 Å². The number of fused-ring (bicyclic) bond motifs is 1. The zero-order valence-corrected chi connectivity index (χ0v) is 15.8. The van der Waals surface area contributed by atoms with Gasteiger partial charge < -0.3 is 14.7 Å². The monoisotopic (exact) mass is 356 g/mol. The summed E-state index contributed by atoms with van der Waals surface area (Å²) in [6, 6.07) is 5.01. The van der Waals surface area contributed by atoms with Crippen molar-refractivity contribution in [2.45, 2.75) is 52.5 Å². The number of nitrogens with one attached hydrogen (secondary N) is 1. The van der Waals surface area contributed by atoms with E-state index >= 15 is 0 Å². The van der Waals surface area contributed by atoms with Crippen molar-refractivity contribution in [2.75, 3.05) is 11.4 Å². The van der Waals surface area contributed by atoms with E-state index in [4.69, 9.17) is 4.52 Å². The first-order chi connectivity index (χ1) is 12.2. The molecule has 0 aliphatic carbocycles. The first-order valence-electron chi connectivity index (χ1n) is 8.73. The third kappa shape index (κ3) is 3.47. The second-order valence-electron chi connectivity index (χ2n) is 7.67. The van der Waals surface area contributed by atoms with Crippen LogP contribution >= 0.6 is 0 Å². The van der Waals surface area contributed by atoms with Gasteiger partial charge in [-0.2, -0.15) is 4.98 Å². The van der Waals surface area contributed by atoms with Crippen LogP contribution in [0.1, 0.15) is 68.3 Å². The lowest BCUT2D eigenvalue weighted by atomic mass is 9.96. The molecule has 0 radical (unpaired) electrons. The summed E-state index contributed by atoms with van der Waals surface area (Å²) < 4.78 is 5.28. The van der Waals surface area contributed by atoms with Crippen LogP contribution in [0.3, 0.4) is 0 Å². The fourth-order valence-electron chi connectivity index (χ4n) is 2.93.